The van der Waals surface area contributed by atoms with Crippen molar-refractivity contribution in [1.82, 2.24) is 10.2 Å². The van der Waals surface area contributed by atoms with Gasteiger partial charge in [0.05, 0.1) is 18.8 Å². The summed E-state index contributed by atoms with van der Waals surface area (Å²) in [5.74, 6) is 0.104. The fourth-order valence-corrected chi connectivity index (χ4v) is 2.43. The summed E-state index contributed by atoms with van der Waals surface area (Å²) in [5.41, 5.74) is 0. The molecule has 3 atom stereocenters. The molecule has 0 saturated carbocycles. The zero-order chi connectivity index (χ0) is 12.3. The number of rotatable bonds is 3. The molecule has 0 bridgehead atoms. The lowest BCUT2D eigenvalue weighted by Gasteiger charge is -2.33. The Morgan fingerprint density at radius 3 is 2.88 bits per heavy atom. The molecule has 1 N–H and O–H groups in total. The molecule has 5 heteroatoms. The van der Waals surface area contributed by atoms with Crippen molar-refractivity contribution in [2.75, 3.05) is 33.4 Å². The molecule has 0 aliphatic carbocycles. The van der Waals surface area contributed by atoms with Crippen LogP contribution in [0.3, 0.4) is 0 Å². The minimum atomic E-state index is -0.213. The van der Waals surface area contributed by atoms with Gasteiger partial charge in [-0.25, -0.2) is 0 Å². The van der Waals surface area contributed by atoms with Gasteiger partial charge >= 0.3 is 0 Å². The molecule has 0 aromatic carbocycles. The Morgan fingerprint density at radius 2 is 2.24 bits per heavy atom. The SMILES string of the molecule is C[C@H]1OCCN[C@@H]1C(=O)N(C)CC1CCCO1. The van der Waals surface area contributed by atoms with E-state index in [0.717, 1.165) is 26.0 Å². The number of carbonyl (C=O) groups excluding carboxylic acids is 1. The third-order valence-corrected chi connectivity index (χ3v) is 3.46. The maximum absolute atomic E-state index is 12.2. The van der Waals surface area contributed by atoms with Crippen molar-refractivity contribution >= 4 is 5.91 Å². The van der Waals surface area contributed by atoms with E-state index >= 15 is 0 Å². The van der Waals surface area contributed by atoms with E-state index in [-0.39, 0.29) is 24.2 Å². The third kappa shape index (κ3) is 3.18. The Kier molecular flexibility index (Phi) is 4.36. The number of ether oxygens (including phenoxy) is 2. The Bertz CT molecular complexity index is 266. The van der Waals surface area contributed by atoms with Crippen molar-refractivity contribution in [2.45, 2.75) is 38.0 Å². The highest BCUT2D eigenvalue weighted by atomic mass is 16.5. The van der Waals surface area contributed by atoms with E-state index in [4.69, 9.17) is 9.47 Å². The molecular formula is C12H22N2O3. The number of morpholine rings is 1. The van der Waals surface area contributed by atoms with Gasteiger partial charge in [-0.15, -0.1) is 0 Å². The highest BCUT2D eigenvalue weighted by Gasteiger charge is 2.31. The van der Waals surface area contributed by atoms with Gasteiger partial charge in [-0.3, -0.25) is 4.79 Å². The molecule has 0 spiro atoms. The van der Waals surface area contributed by atoms with E-state index in [0.29, 0.717) is 13.2 Å². The van der Waals surface area contributed by atoms with Crippen LogP contribution in [0.1, 0.15) is 19.8 Å². The fraction of sp³-hybridized carbons (Fsp3) is 0.917. The average molecular weight is 242 g/mol. The molecule has 5 nitrogen and oxygen atoms in total. The van der Waals surface area contributed by atoms with Crippen LogP contribution in [0, 0.1) is 0 Å². The largest absolute Gasteiger partial charge is 0.376 e. The van der Waals surface area contributed by atoms with E-state index in [2.05, 4.69) is 5.32 Å². The van der Waals surface area contributed by atoms with Crippen molar-refractivity contribution in [3.63, 3.8) is 0 Å². The van der Waals surface area contributed by atoms with Gasteiger partial charge in [0.2, 0.25) is 5.91 Å². The molecule has 2 fully saturated rings. The number of hydrogen-bond acceptors (Lipinski definition) is 4. The van der Waals surface area contributed by atoms with E-state index in [1.807, 2.05) is 14.0 Å². The van der Waals surface area contributed by atoms with E-state index in [1.54, 1.807) is 4.90 Å². The topological polar surface area (TPSA) is 50.8 Å². The number of nitrogens with one attached hydrogen (secondary N) is 1. The second-order valence-corrected chi connectivity index (χ2v) is 4.86. The number of nitrogens with zero attached hydrogens (tertiary/aromatic N) is 1. The van der Waals surface area contributed by atoms with Crippen molar-refractivity contribution < 1.29 is 14.3 Å². The van der Waals surface area contributed by atoms with Crippen molar-refractivity contribution in [3.05, 3.63) is 0 Å². The first-order valence-electron chi connectivity index (χ1n) is 6.40. The highest BCUT2D eigenvalue weighted by molar-refractivity contribution is 5.82. The van der Waals surface area contributed by atoms with Crippen LogP contribution in [0.5, 0.6) is 0 Å². The lowest BCUT2D eigenvalue weighted by atomic mass is 10.1. The first-order chi connectivity index (χ1) is 8.18. The fourth-order valence-electron chi connectivity index (χ4n) is 2.43. The number of likely N-dealkylation sites (N-methyl/N-ethyl adjacent to an activating group) is 1. The van der Waals surface area contributed by atoms with Crippen molar-refractivity contribution in [2.24, 2.45) is 0 Å². The van der Waals surface area contributed by atoms with Crippen LogP contribution in [0.2, 0.25) is 0 Å². The van der Waals surface area contributed by atoms with Crippen molar-refractivity contribution in [1.29, 1.82) is 0 Å². The normalized spacial score (nSPS) is 33.6. The van der Waals surface area contributed by atoms with Crippen LogP contribution < -0.4 is 5.32 Å². The van der Waals surface area contributed by atoms with Gasteiger partial charge in [0.15, 0.2) is 0 Å². The average Bonchev–Trinajstić information content (AvgIpc) is 2.81. The molecule has 17 heavy (non-hydrogen) atoms. The predicted molar refractivity (Wildman–Crippen MR) is 63.8 cm³/mol. The number of amides is 1. The predicted octanol–water partition coefficient (Wildman–Crippen LogP) is 0.000700. The summed E-state index contributed by atoms with van der Waals surface area (Å²) in [6.07, 6.45) is 2.32. The lowest BCUT2D eigenvalue weighted by Crippen LogP contribution is -2.56. The van der Waals surface area contributed by atoms with Gasteiger partial charge in [-0.2, -0.15) is 0 Å². The molecule has 2 aliphatic rings. The summed E-state index contributed by atoms with van der Waals surface area (Å²) in [7, 11) is 1.84. The number of carbonyl (C=O) groups is 1. The maximum Gasteiger partial charge on any atom is 0.242 e. The number of hydrogen-bond donors (Lipinski definition) is 1. The molecule has 98 valence electrons. The molecule has 2 heterocycles. The van der Waals surface area contributed by atoms with E-state index in [9.17, 15) is 4.79 Å². The molecule has 0 aromatic rings. The van der Waals surface area contributed by atoms with Gasteiger partial charge in [0.25, 0.3) is 0 Å². The standard InChI is InChI=1S/C12H22N2O3/c1-9-11(13-5-7-16-9)12(15)14(2)8-10-4-3-6-17-10/h9-11,13H,3-8H2,1-2H3/t9-,10?,11+/m1/s1. The highest BCUT2D eigenvalue weighted by Crippen LogP contribution is 2.14. The minimum absolute atomic E-state index is 0.0526. The molecular weight excluding hydrogens is 220 g/mol. The summed E-state index contributed by atoms with van der Waals surface area (Å²) in [5, 5.41) is 3.22. The van der Waals surface area contributed by atoms with Gasteiger partial charge in [-0.05, 0) is 19.8 Å². The van der Waals surface area contributed by atoms with Crippen LogP contribution in [-0.2, 0) is 14.3 Å². The first kappa shape index (κ1) is 12.8. The summed E-state index contributed by atoms with van der Waals surface area (Å²) < 4.78 is 11.0. The second kappa shape index (κ2) is 5.80. The molecule has 2 aliphatic heterocycles. The molecule has 1 unspecified atom stereocenters. The van der Waals surface area contributed by atoms with Crippen molar-refractivity contribution in [3.8, 4) is 0 Å². The maximum atomic E-state index is 12.2. The minimum Gasteiger partial charge on any atom is -0.376 e. The van der Waals surface area contributed by atoms with Gasteiger partial charge in [0.1, 0.15) is 6.04 Å². The quantitative estimate of drug-likeness (QED) is 0.757. The summed E-state index contributed by atoms with van der Waals surface area (Å²) in [6, 6.07) is -0.213. The summed E-state index contributed by atoms with van der Waals surface area (Å²) in [6.45, 7) is 4.88. The zero-order valence-electron chi connectivity index (χ0n) is 10.6. The van der Waals surface area contributed by atoms with Crippen LogP contribution in [0.4, 0.5) is 0 Å². The van der Waals surface area contributed by atoms with E-state index in [1.165, 1.54) is 0 Å². The van der Waals surface area contributed by atoms with Gasteiger partial charge in [0, 0.05) is 26.7 Å². The first-order valence-corrected chi connectivity index (χ1v) is 6.40. The Morgan fingerprint density at radius 1 is 1.41 bits per heavy atom. The Balaban J connectivity index is 1.84. The van der Waals surface area contributed by atoms with E-state index < -0.39 is 0 Å². The molecule has 0 radical (unpaired) electrons. The van der Waals surface area contributed by atoms with Crippen LogP contribution in [0.25, 0.3) is 0 Å². The molecule has 1 amide bonds. The summed E-state index contributed by atoms with van der Waals surface area (Å²) >= 11 is 0. The smallest absolute Gasteiger partial charge is 0.242 e. The van der Waals surface area contributed by atoms with Crippen LogP contribution >= 0.6 is 0 Å². The molecule has 2 rings (SSSR count). The summed E-state index contributed by atoms with van der Waals surface area (Å²) in [4.78, 5) is 14.0. The monoisotopic (exact) mass is 242 g/mol. The van der Waals surface area contributed by atoms with Crippen LogP contribution in [0.15, 0.2) is 0 Å². The molecule has 2 saturated heterocycles. The Labute approximate surface area is 102 Å². The lowest BCUT2D eigenvalue weighted by molar-refractivity contribution is -0.139. The zero-order valence-corrected chi connectivity index (χ0v) is 10.6. The third-order valence-electron chi connectivity index (χ3n) is 3.46. The second-order valence-electron chi connectivity index (χ2n) is 4.86. The van der Waals surface area contributed by atoms with Crippen LogP contribution in [-0.4, -0.2) is 62.4 Å². The van der Waals surface area contributed by atoms with Gasteiger partial charge in [-0.1, -0.05) is 0 Å². The van der Waals surface area contributed by atoms with Gasteiger partial charge < -0.3 is 19.7 Å². The Hall–Kier alpha value is -0.650. The molecule has 0 aromatic heterocycles.